The fourth-order valence-corrected chi connectivity index (χ4v) is 5.18. The highest BCUT2D eigenvalue weighted by molar-refractivity contribution is 6.04. The first-order chi connectivity index (χ1) is 12.5. The van der Waals surface area contributed by atoms with Gasteiger partial charge in [0.15, 0.2) is 5.84 Å². The Labute approximate surface area is 156 Å². The second-order valence-corrected chi connectivity index (χ2v) is 8.52. The minimum absolute atomic E-state index is 0.269. The van der Waals surface area contributed by atoms with Crippen molar-refractivity contribution in [3.05, 3.63) is 60.2 Å². The van der Waals surface area contributed by atoms with Crippen molar-refractivity contribution in [2.24, 2.45) is 28.2 Å². The summed E-state index contributed by atoms with van der Waals surface area (Å²) in [5.74, 6) is 2.61. The number of fused-ring (bicyclic) bond motifs is 2. The predicted molar refractivity (Wildman–Crippen MR) is 106 cm³/mol. The van der Waals surface area contributed by atoms with Crippen molar-refractivity contribution >= 4 is 5.84 Å². The molecule has 2 aromatic rings. The van der Waals surface area contributed by atoms with E-state index in [0.29, 0.717) is 17.2 Å². The van der Waals surface area contributed by atoms with E-state index in [-0.39, 0.29) is 6.04 Å². The fourth-order valence-electron chi connectivity index (χ4n) is 5.18. The van der Waals surface area contributed by atoms with E-state index in [0.717, 1.165) is 34.9 Å². The zero-order valence-electron chi connectivity index (χ0n) is 15.8. The summed E-state index contributed by atoms with van der Waals surface area (Å²) in [5, 5.41) is 9.87. The molecule has 4 atom stereocenters. The summed E-state index contributed by atoms with van der Waals surface area (Å²) in [5.41, 5.74) is 6.01. The van der Waals surface area contributed by atoms with Gasteiger partial charge < -0.3 is 0 Å². The Morgan fingerprint density at radius 1 is 1.04 bits per heavy atom. The summed E-state index contributed by atoms with van der Waals surface area (Å²) in [4.78, 5) is 4.99. The zero-order chi connectivity index (χ0) is 18.3. The van der Waals surface area contributed by atoms with Crippen molar-refractivity contribution in [1.29, 1.82) is 0 Å². The van der Waals surface area contributed by atoms with Gasteiger partial charge in [-0.2, -0.15) is 0 Å². The molecule has 0 unspecified atom stereocenters. The highest BCUT2D eigenvalue weighted by Gasteiger charge is 2.56. The summed E-state index contributed by atoms with van der Waals surface area (Å²) < 4.78 is 0. The lowest BCUT2D eigenvalue weighted by Gasteiger charge is -2.61. The van der Waals surface area contributed by atoms with E-state index in [9.17, 15) is 5.21 Å². The average molecular weight is 348 g/mol. The maximum absolute atomic E-state index is 9.87. The Kier molecular flexibility index (Phi) is 4.36. The maximum atomic E-state index is 9.87. The molecule has 2 aromatic carbocycles. The molecule has 0 saturated heterocycles. The van der Waals surface area contributed by atoms with E-state index >= 15 is 0 Å². The molecule has 3 aliphatic carbocycles. The van der Waals surface area contributed by atoms with Crippen LogP contribution in [-0.2, 0) is 0 Å². The molecule has 3 heteroatoms. The van der Waals surface area contributed by atoms with Crippen LogP contribution in [0.2, 0.25) is 0 Å². The van der Waals surface area contributed by atoms with Crippen molar-refractivity contribution in [1.82, 2.24) is 5.48 Å². The fraction of sp³-hybridized carbons (Fsp3) is 0.435. The van der Waals surface area contributed by atoms with Crippen molar-refractivity contribution in [2.75, 3.05) is 0 Å². The van der Waals surface area contributed by atoms with Gasteiger partial charge in [-0.3, -0.25) is 15.7 Å². The third-order valence-electron chi connectivity index (χ3n) is 6.98. The third kappa shape index (κ3) is 2.75. The monoisotopic (exact) mass is 348 g/mol. The lowest BCUT2D eigenvalue weighted by molar-refractivity contribution is -0.108. The number of rotatable bonds is 3. The summed E-state index contributed by atoms with van der Waals surface area (Å²) in [6, 6.07) is 18.7. The molecule has 3 nitrogen and oxygen atoms in total. The van der Waals surface area contributed by atoms with Crippen LogP contribution in [0.3, 0.4) is 0 Å². The lowest BCUT2D eigenvalue weighted by Crippen LogP contribution is -2.56. The van der Waals surface area contributed by atoms with E-state index in [4.69, 9.17) is 4.99 Å². The summed E-state index contributed by atoms with van der Waals surface area (Å²) in [7, 11) is 0. The number of hydroxylamine groups is 1. The minimum Gasteiger partial charge on any atom is -0.290 e. The number of aliphatic imine (C=N–C) groups is 1. The molecule has 136 valence electrons. The predicted octanol–water partition coefficient (Wildman–Crippen LogP) is 5.15. The number of nitrogens with zero attached hydrogens (tertiary/aromatic N) is 1. The molecule has 0 radical (unpaired) electrons. The van der Waals surface area contributed by atoms with Gasteiger partial charge in [0.25, 0.3) is 0 Å². The SMILES string of the molecule is C[C@@H]1[C@H]2C[C@@H](C[C@H]1N=C(NO)c1ccccc1-c1ccccc1)C2(C)C. The summed E-state index contributed by atoms with van der Waals surface area (Å²) in [6.07, 6.45) is 2.45. The topological polar surface area (TPSA) is 44.6 Å². The molecular weight excluding hydrogens is 320 g/mol. The van der Waals surface area contributed by atoms with Crippen LogP contribution in [0.4, 0.5) is 0 Å². The molecule has 2 N–H and O–H groups in total. The zero-order valence-corrected chi connectivity index (χ0v) is 15.8. The van der Waals surface area contributed by atoms with Crippen molar-refractivity contribution < 1.29 is 5.21 Å². The average Bonchev–Trinajstić information content (AvgIpc) is 2.67. The molecule has 0 spiro atoms. The van der Waals surface area contributed by atoms with E-state index < -0.39 is 0 Å². The van der Waals surface area contributed by atoms with E-state index in [1.807, 2.05) is 36.4 Å². The van der Waals surface area contributed by atoms with Crippen LogP contribution < -0.4 is 5.48 Å². The number of hydrogen-bond acceptors (Lipinski definition) is 2. The number of amidine groups is 1. The minimum atomic E-state index is 0.269. The molecule has 0 aromatic heterocycles. The number of benzene rings is 2. The molecule has 0 aliphatic heterocycles. The number of nitrogens with one attached hydrogen (secondary N) is 1. The molecule has 3 aliphatic rings. The molecule has 0 amide bonds. The standard InChI is InChI=1S/C23H28N2O/c1-15-20-13-17(23(20,2)3)14-21(15)24-22(25-26)19-12-8-7-11-18(19)16-9-5-4-6-10-16/h4-12,15,17,20-21,26H,13-14H2,1-3H3,(H,24,25)/t15-,17+,20-,21-/m1/s1. The molecule has 2 bridgehead atoms. The Bertz CT molecular complexity index is 812. The Hall–Kier alpha value is -2.13. The van der Waals surface area contributed by atoms with Crippen LogP contribution in [0.25, 0.3) is 11.1 Å². The molecular formula is C23H28N2O. The van der Waals surface area contributed by atoms with Gasteiger partial charge in [-0.1, -0.05) is 75.4 Å². The molecule has 26 heavy (non-hydrogen) atoms. The van der Waals surface area contributed by atoms with E-state index in [2.05, 4.69) is 44.5 Å². The van der Waals surface area contributed by atoms with Crippen LogP contribution in [0.15, 0.2) is 59.6 Å². The molecule has 3 saturated carbocycles. The molecule has 3 fully saturated rings. The van der Waals surface area contributed by atoms with Gasteiger partial charge in [-0.05, 0) is 47.1 Å². The van der Waals surface area contributed by atoms with Crippen molar-refractivity contribution in [3.63, 3.8) is 0 Å². The van der Waals surface area contributed by atoms with E-state index in [1.165, 1.54) is 6.42 Å². The Balaban J connectivity index is 1.68. The van der Waals surface area contributed by atoms with Gasteiger partial charge in [-0.25, -0.2) is 0 Å². The molecule has 0 heterocycles. The smallest absolute Gasteiger partial charge is 0.153 e. The van der Waals surface area contributed by atoms with Gasteiger partial charge >= 0.3 is 0 Å². The van der Waals surface area contributed by atoms with Gasteiger partial charge in [0.1, 0.15) is 0 Å². The highest BCUT2D eigenvalue weighted by atomic mass is 16.5. The molecule has 5 rings (SSSR count). The second-order valence-electron chi connectivity index (χ2n) is 8.52. The summed E-state index contributed by atoms with van der Waals surface area (Å²) in [6.45, 7) is 7.13. The normalized spacial score (nSPS) is 29.8. The third-order valence-corrected chi connectivity index (χ3v) is 6.98. The van der Waals surface area contributed by atoms with Crippen LogP contribution >= 0.6 is 0 Å². The van der Waals surface area contributed by atoms with Gasteiger partial charge in [0.2, 0.25) is 0 Å². The first-order valence-corrected chi connectivity index (χ1v) is 9.65. The highest BCUT2D eigenvalue weighted by Crippen LogP contribution is 2.61. The maximum Gasteiger partial charge on any atom is 0.153 e. The van der Waals surface area contributed by atoms with Crippen molar-refractivity contribution in [3.8, 4) is 11.1 Å². The van der Waals surface area contributed by atoms with Crippen LogP contribution in [-0.4, -0.2) is 17.1 Å². The Morgan fingerprint density at radius 2 is 1.73 bits per heavy atom. The van der Waals surface area contributed by atoms with Crippen LogP contribution in [0, 0.1) is 23.2 Å². The van der Waals surface area contributed by atoms with Crippen LogP contribution in [0.5, 0.6) is 0 Å². The first kappa shape index (κ1) is 17.3. The number of hydrogen-bond donors (Lipinski definition) is 2. The second kappa shape index (κ2) is 6.55. The largest absolute Gasteiger partial charge is 0.290 e. The van der Waals surface area contributed by atoms with Crippen LogP contribution in [0.1, 0.15) is 39.2 Å². The van der Waals surface area contributed by atoms with Crippen molar-refractivity contribution in [2.45, 2.75) is 39.7 Å². The van der Waals surface area contributed by atoms with Gasteiger partial charge in [0, 0.05) is 5.56 Å². The van der Waals surface area contributed by atoms with Gasteiger partial charge in [-0.15, -0.1) is 0 Å². The lowest BCUT2D eigenvalue weighted by atomic mass is 9.45. The summed E-state index contributed by atoms with van der Waals surface area (Å²) >= 11 is 0. The van der Waals surface area contributed by atoms with Gasteiger partial charge in [0.05, 0.1) is 6.04 Å². The Morgan fingerprint density at radius 3 is 2.38 bits per heavy atom. The first-order valence-electron chi connectivity index (χ1n) is 9.65. The van der Waals surface area contributed by atoms with E-state index in [1.54, 1.807) is 0 Å². The quantitative estimate of drug-likeness (QED) is 0.458.